The summed E-state index contributed by atoms with van der Waals surface area (Å²) in [7, 11) is 1.74. The Hall–Kier alpha value is -1.65. The van der Waals surface area contributed by atoms with Crippen LogP contribution in [-0.4, -0.2) is 14.7 Å². The molecule has 0 bridgehead atoms. The van der Waals surface area contributed by atoms with E-state index in [1.54, 1.807) is 17.8 Å². The number of aryl methyl sites for hydroxylation is 2. The molecule has 0 unspecified atom stereocenters. The molecular formula is C7H9N3O2. The summed E-state index contributed by atoms with van der Waals surface area (Å²) in [5.74, 6) is 0. The molecule has 0 atom stereocenters. The Morgan fingerprint density at radius 1 is 1.75 bits per heavy atom. The second-order valence-corrected chi connectivity index (χ2v) is 2.44. The highest BCUT2D eigenvalue weighted by Gasteiger charge is 1.98. The summed E-state index contributed by atoms with van der Waals surface area (Å²) < 4.78 is 1.59. The number of rotatable bonds is 2. The lowest BCUT2D eigenvalue weighted by molar-refractivity contribution is -0.401. The fraction of sp³-hybridized carbons (Fsp3) is 0.286. The van der Waals surface area contributed by atoms with Crippen molar-refractivity contribution in [1.29, 1.82) is 0 Å². The van der Waals surface area contributed by atoms with Gasteiger partial charge in [0.05, 0.1) is 16.3 Å². The standard InChI is InChI=1S/C7H9N3O2/c1-6-5-7(9(2)8-6)3-4-10(11)12/h3-5H,1-2H3/b4-3+. The van der Waals surface area contributed by atoms with Gasteiger partial charge in [-0.15, -0.1) is 0 Å². The van der Waals surface area contributed by atoms with E-state index in [9.17, 15) is 10.1 Å². The molecule has 1 aromatic rings. The summed E-state index contributed by atoms with van der Waals surface area (Å²) in [6, 6.07) is 1.78. The van der Waals surface area contributed by atoms with Gasteiger partial charge in [-0.1, -0.05) is 0 Å². The Morgan fingerprint density at radius 3 is 2.83 bits per heavy atom. The molecule has 0 aliphatic carbocycles. The zero-order chi connectivity index (χ0) is 9.14. The first-order valence-corrected chi connectivity index (χ1v) is 3.42. The highest BCUT2D eigenvalue weighted by molar-refractivity contribution is 5.43. The van der Waals surface area contributed by atoms with Gasteiger partial charge in [0.1, 0.15) is 0 Å². The van der Waals surface area contributed by atoms with Crippen LogP contribution in [0.15, 0.2) is 12.3 Å². The maximum Gasteiger partial charge on any atom is 0.236 e. The van der Waals surface area contributed by atoms with Gasteiger partial charge in [0, 0.05) is 13.1 Å². The van der Waals surface area contributed by atoms with E-state index in [-0.39, 0.29) is 0 Å². The zero-order valence-electron chi connectivity index (χ0n) is 6.89. The Morgan fingerprint density at radius 2 is 2.42 bits per heavy atom. The fourth-order valence-corrected chi connectivity index (χ4v) is 0.924. The lowest BCUT2D eigenvalue weighted by Crippen LogP contribution is -1.93. The minimum Gasteiger partial charge on any atom is -0.268 e. The molecule has 0 aliphatic heterocycles. The molecule has 0 N–H and O–H groups in total. The Bertz CT molecular complexity index is 327. The van der Waals surface area contributed by atoms with E-state index in [4.69, 9.17) is 0 Å². The molecule has 12 heavy (non-hydrogen) atoms. The topological polar surface area (TPSA) is 61.0 Å². The Kier molecular flexibility index (Phi) is 2.23. The van der Waals surface area contributed by atoms with Crippen molar-refractivity contribution in [2.45, 2.75) is 6.92 Å². The highest BCUT2D eigenvalue weighted by atomic mass is 16.6. The van der Waals surface area contributed by atoms with Crippen LogP contribution in [0, 0.1) is 17.0 Å². The normalized spacial score (nSPS) is 10.8. The fourth-order valence-electron chi connectivity index (χ4n) is 0.924. The molecule has 0 spiro atoms. The van der Waals surface area contributed by atoms with Crippen molar-refractivity contribution < 1.29 is 4.92 Å². The summed E-state index contributed by atoms with van der Waals surface area (Å²) in [5, 5.41) is 14.0. The van der Waals surface area contributed by atoms with Crippen molar-refractivity contribution in [3.8, 4) is 0 Å². The predicted octanol–water partition coefficient (Wildman–Crippen LogP) is 0.976. The van der Waals surface area contributed by atoms with Crippen molar-refractivity contribution in [3.05, 3.63) is 33.8 Å². The van der Waals surface area contributed by atoms with Crippen molar-refractivity contribution in [3.63, 3.8) is 0 Å². The van der Waals surface area contributed by atoms with Crippen molar-refractivity contribution in [2.24, 2.45) is 7.05 Å². The number of hydrogen-bond acceptors (Lipinski definition) is 3. The van der Waals surface area contributed by atoms with Gasteiger partial charge in [-0.2, -0.15) is 5.10 Å². The SMILES string of the molecule is Cc1cc(/C=C/[N+](=O)[O-])n(C)n1. The van der Waals surface area contributed by atoms with Gasteiger partial charge in [-0.25, -0.2) is 0 Å². The highest BCUT2D eigenvalue weighted by Crippen LogP contribution is 2.03. The van der Waals surface area contributed by atoms with E-state index < -0.39 is 4.92 Å². The van der Waals surface area contributed by atoms with Crippen LogP contribution >= 0.6 is 0 Å². The molecule has 0 aliphatic rings. The first kappa shape index (κ1) is 8.45. The first-order chi connectivity index (χ1) is 5.59. The Balaban J connectivity index is 2.89. The molecule has 5 nitrogen and oxygen atoms in total. The maximum absolute atomic E-state index is 9.98. The van der Waals surface area contributed by atoms with Crippen molar-refractivity contribution >= 4 is 6.08 Å². The van der Waals surface area contributed by atoms with Gasteiger partial charge in [0.25, 0.3) is 0 Å². The minimum absolute atomic E-state index is 0.498. The van der Waals surface area contributed by atoms with Crippen molar-refractivity contribution in [1.82, 2.24) is 9.78 Å². The van der Waals surface area contributed by atoms with Crippen LogP contribution in [0.4, 0.5) is 0 Å². The number of hydrogen-bond donors (Lipinski definition) is 0. The van der Waals surface area contributed by atoms with E-state index in [2.05, 4.69) is 5.10 Å². The van der Waals surface area contributed by atoms with E-state index >= 15 is 0 Å². The van der Waals surface area contributed by atoms with Gasteiger partial charge in [-0.05, 0) is 13.0 Å². The molecule has 0 amide bonds. The van der Waals surface area contributed by atoms with Gasteiger partial charge in [0.2, 0.25) is 6.20 Å². The van der Waals surface area contributed by atoms with Gasteiger partial charge >= 0.3 is 0 Å². The third-order valence-corrected chi connectivity index (χ3v) is 1.41. The summed E-state index contributed by atoms with van der Waals surface area (Å²) in [6.45, 7) is 1.84. The molecule has 0 fully saturated rings. The molecule has 0 aromatic carbocycles. The third kappa shape index (κ3) is 1.91. The summed E-state index contributed by atoms with van der Waals surface area (Å²) >= 11 is 0. The molecule has 1 rings (SSSR count). The molecule has 64 valence electrons. The number of nitro groups is 1. The first-order valence-electron chi connectivity index (χ1n) is 3.42. The summed E-state index contributed by atoms with van der Waals surface area (Å²) in [5.41, 5.74) is 1.57. The summed E-state index contributed by atoms with van der Waals surface area (Å²) in [4.78, 5) is 9.48. The molecule has 0 saturated heterocycles. The maximum atomic E-state index is 9.98. The lowest BCUT2D eigenvalue weighted by Gasteiger charge is -1.89. The van der Waals surface area contributed by atoms with Crippen LogP contribution in [0.3, 0.4) is 0 Å². The second-order valence-electron chi connectivity index (χ2n) is 2.44. The average molecular weight is 167 g/mol. The average Bonchev–Trinajstić information content (AvgIpc) is 2.26. The van der Waals surface area contributed by atoms with Crippen LogP contribution in [0.5, 0.6) is 0 Å². The molecule has 1 aromatic heterocycles. The number of aromatic nitrogens is 2. The number of nitrogens with zero attached hydrogens (tertiary/aromatic N) is 3. The van der Waals surface area contributed by atoms with Crippen molar-refractivity contribution in [2.75, 3.05) is 0 Å². The molecule has 0 saturated carbocycles. The van der Waals surface area contributed by atoms with Crippen LogP contribution < -0.4 is 0 Å². The molecule has 1 heterocycles. The minimum atomic E-state index is -0.498. The van der Waals surface area contributed by atoms with Crippen LogP contribution in [0.1, 0.15) is 11.4 Å². The zero-order valence-corrected chi connectivity index (χ0v) is 6.89. The van der Waals surface area contributed by atoms with Gasteiger partial charge < -0.3 is 0 Å². The van der Waals surface area contributed by atoms with Gasteiger partial charge in [-0.3, -0.25) is 14.8 Å². The van der Waals surface area contributed by atoms with E-state index in [0.717, 1.165) is 17.6 Å². The molecule has 5 heteroatoms. The molecule has 0 radical (unpaired) electrons. The lowest BCUT2D eigenvalue weighted by atomic mass is 10.3. The van der Waals surface area contributed by atoms with Crippen LogP contribution in [-0.2, 0) is 7.05 Å². The third-order valence-electron chi connectivity index (χ3n) is 1.41. The molecular weight excluding hydrogens is 158 g/mol. The largest absolute Gasteiger partial charge is 0.268 e. The predicted molar refractivity (Wildman–Crippen MR) is 44.0 cm³/mol. The second kappa shape index (κ2) is 3.17. The van der Waals surface area contributed by atoms with Crippen LogP contribution in [0.2, 0.25) is 0 Å². The van der Waals surface area contributed by atoms with Gasteiger partial charge in [0.15, 0.2) is 0 Å². The van der Waals surface area contributed by atoms with E-state index in [0.29, 0.717) is 0 Å². The van der Waals surface area contributed by atoms with Crippen LogP contribution in [0.25, 0.3) is 6.08 Å². The monoisotopic (exact) mass is 167 g/mol. The van der Waals surface area contributed by atoms with E-state index in [1.807, 2.05) is 6.92 Å². The van der Waals surface area contributed by atoms with E-state index in [1.165, 1.54) is 6.08 Å². The smallest absolute Gasteiger partial charge is 0.236 e. The quantitative estimate of drug-likeness (QED) is 0.487. The Labute approximate surface area is 69.5 Å². The summed E-state index contributed by atoms with van der Waals surface area (Å²) in [6.07, 6.45) is 2.32.